The third-order valence-corrected chi connectivity index (χ3v) is 3.61. The summed E-state index contributed by atoms with van der Waals surface area (Å²) >= 11 is 0. The lowest BCUT2D eigenvalue weighted by atomic mass is 9.76. The van der Waals surface area contributed by atoms with Crippen molar-refractivity contribution >= 4 is 18.4 Å². The van der Waals surface area contributed by atoms with Crippen LogP contribution in [0, 0.1) is 10.8 Å². The molecule has 20 heavy (non-hydrogen) atoms. The molecule has 0 aliphatic carbocycles. The summed E-state index contributed by atoms with van der Waals surface area (Å²) in [5, 5.41) is 0. The second-order valence-electron chi connectivity index (χ2n) is 7.66. The summed E-state index contributed by atoms with van der Waals surface area (Å²) in [6, 6.07) is 0. The Morgan fingerprint density at radius 2 is 1.60 bits per heavy atom. The zero-order chi connectivity index (χ0) is 14.5. The predicted molar refractivity (Wildman–Crippen MR) is 86.4 cm³/mol. The smallest absolute Gasteiger partial charge is 0.311 e. The number of carbonyl (C=O) groups is 1. The fraction of sp³-hybridized carbons (Fsp3) is 0.938. The highest BCUT2D eigenvalue weighted by molar-refractivity contribution is 5.85. The summed E-state index contributed by atoms with van der Waals surface area (Å²) in [6.07, 6.45) is 4.75. The number of ether oxygens (including phenoxy) is 1. The molecule has 0 radical (unpaired) electrons. The fourth-order valence-electron chi connectivity index (χ4n) is 3.04. The van der Waals surface area contributed by atoms with Crippen molar-refractivity contribution in [3.63, 3.8) is 0 Å². The Kier molecular flexibility index (Phi) is 8.12. The lowest BCUT2D eigenvalue weighted by molar-refractivity contribution is -0.156. The highest BCUT2D eigenvalue weighted by atomic mass is 35.5. The number of hydrogen-bond donors (Lipinski definition) is 0. The van der Waals surface area contributed by atoms with Crippen LogP contribution in [0.3, 0.4) is 0 Å². The van der Waals surface area contributed by atoms with Crippen LogP contribution in [0.4, 0.5) is 0 Å². The number of likely N-dealkylation sites (tertiary alicyclic amines) is 1. The van der Waals surface area contributed by atoms with Crippen LogP contribution in [-0.2, 0) is 9.53 Å². The Morgan fingerprint density at radius 1 is 1.05 bits per heavy atom. The molecule has 120 valence electrons. The van der Waals surface area contributed by atoms with E-state index in [0.29, 0.717) is 6.61 Å². The monoisotopic (exact) mass is 305 g/mol. The van der Waals surface area contributed by atoms with Gasteiger partial charge in [0.1, 0.15) is 6.61 Å². The van der Waals surface area contributed by atoms with E-state index in [9.17, 15) is 4.79 Å². The van der Waals surface area contributed by atoms with Gasteiger partial charge in [0.05, 0.1) is 5.41 Å². The average Bonchev–Trinajstić information content (AvgIpc) is 2.27. The topological polar surface area (TPSA) is 29.5 Å². The first-order valence-corrected chi connectivity index (χ1v) is 7.60. The standard InChI is InChI=1S/C16H31NO2.ClH/c1-15(2,3)13-16(4,5)14(18)19-12-11-17-9-7-6-8-10-17;/h6-13H2,1-5H3;1H. The molecule has 1 saturated heterocycles. The van der Waals surface area contributed by atoms with Crippen molar-refractivity contribution < 1.29 is 9.53 Å². The van der Waals surface area contributed by atoms with Crippen LogP contribution in [0.25, 0.3) is 0 Å². The van der Waals surface area contributed by atoms with Gasteiger partial charge in [0.15, 0.2) is 0 Å². The van der Waals surface area contributed by atoms with Gasteiger partial charge >= 0.3 is 5.97 Å². The third kappa shape index (κ3) is 7.49. The molecule has 1 aliphatic heterocycles. The van der Waals surface area contributed by atoms with E-state index >= 15 is 0 Å². The van der Waals surface area contributed by atoms with Crippen LogP contribution in [-0.4, -0.2) is 37.1 Å². The Hall–Kier alpha value is -0.280. The van der Waals surface area contributed by atoms with Crippen LogP contribution < -0.4 is 0 Å². The summed E-state index contributed by atoms with van der Waals surface area (Å²) in [7, 11) is 0. The molecule has 0 aromatic carbocycles. The maximum Gasteiger partial charge on any atom is 0.311 e. The summed E-state index contributed by atoms with van der Waals surface area (Å²) in [5.74, 6) is -0.0561. The second-order valence-corrected chi connectivity index (χ2v) is 7.66. The second kappa shape index (κ2) is 8.23. The summed E-state index contributed by atoms with van der Waals surface area (Å²) in [5.41, 5.74) is -0.241. The van der Waals surface area contributed by atoms with Crippen molar-refractivity contribution in [2.24, 2.45) is 10.8 Å². The fourth-order valence-corrected chi connectivity index (χ4v) is 3.04. The molecule has 0 unspecified atom stereocenters. The van der Waals surface area contributed by atoms with Gasteiger partial charge in [-0.05, 0) is 51.6 Å². The van der Waals surface area contributed by atoms with Gasteiger partial charge in [-0.3, -0.25) is 9.69 Å². The molecule has 1 fully saturated rings. The van der Waals surface area contributed by atoms with Gasteiger partial charge < -0.3 is 4.74 Å². The number of hydrogen-bond acceptors (Lipinski definition) is 3. The molecule has 0 spiro atoms. The Bertz CT molecular complexity index is 291. The quantitative estimate of drug-likeness (QED) is 0.722. The minimum absolute atomic E-state index is 0. The lowest BCUT2D eigenvalue weighted by Crippen LogP contribution is -2.36. The Labute approximate surface area is 130 Å². The van der Waals surface area contributed by atoms with Crippen LogP contribution in [0.2, 0.25) is 0 Å². The van der Waals surface area contributed by atoms with Gasteiger partial charge in [-0.1, -0.05) is 27.2 Å². The van der Waals surface area contributed by atoms with Gasteiger partial charge in [0.25, 0.3) is 0 Å². The summed E-state index contributed by atoms with van der Waals surface area (Å²) < 4.78 is 5.47. The van der Waals surface area contributed by atoms with Gasteiger partial charge in [-0.25, -0.2) is 0 Å². The molecule has 0 amide bonds. The van der Waals surface area contributed by atoms with Crippen molar-refractivity contribution in [2.75, 3.05) is 26.2 Å². The summed E-state index contributed by atoms with van der Waals surface area (Å²) in [6.45, 7) is 14.2. The SMILES string of the molecule is CC(C)(C)CC(C)(C)C(=O)OCCN1CCCCC1.Cl. The van der Waals surface area contributed by atoms with Crippen LogP contribution in [0.15, 0.2) is 0 Å². The first kappa shape index (κ1) is 19.7. The average molecular weight is 306 g/mol. The maximum absolute atomic E-state index is 12.1. The van der Waals surface area contributed by atoms with Crippen molar-refractivity contribution in [1.29, 1.82) is 0 Å². The molecule has 0 aromatic rings. The van der Waals surface area contributed by atoms with Crippen molar-refractivity contribution in [3.8, 4) is 0 Å². The summed E-state index contributed by atoms with van der Waals surface area (Å²) in [4.78, 5) is 14.5. The number of halogens is 1. The normalized spacial score (nSPS) is 17.4. The molecular formula is C16H32ClNO2. The molecule has 1 aliphatic rings. The van der Waals surface area contributed by atoms with Crippen LogP contribution in [0.5, 0.6) is 0 Å². The first-order valence-electron chi connectivity index (χ1n) is 7.60. The van der Waals surface area contributed by atoms with E-state index in [2.05, 4.69) is 25.7 Å². The van der Waals surface area contributed by atoms with Crippen molar-refractivity contribution in [3.05, 3.63) is 0 Å². The zero-order valence-electron chi connectivity index (χ0n) is 13.8. The largest absolute Gasteiger partial charge is 0.464 e. The van der Waals surface area contributed by atoms with Gasteiger partial charge in [-0.2, -0.15) is 0 Å². The Morgan fingerprint density at radius 3 is 2.10 bits per heavy atom. The van der Waals surface area contributed by atoms with E-state index in [1.54, 1.807) is 0 Å². The van der Waals surface area contributed by atoms with Crippen molar-refractivity contribution in [1.82, 2.24) is 4.90 Å². The van der Waals surface area contributed by atoms with Crippen LogP contribution >= 0.6 is 12.4 Å². The van der Waals surface area contributed by atoms with E-state index in [1.807, 2.05) is 13.8 Å². The van der Waals surface area contributed by atoms with Gasteiger partial charge in [0, 0.05) is 6.54 Å². The van der Waals surface area contributed by atoms with Gasteiger partial charge in [-0.15, -0.1) is 12.4 Å². The molecule has 0 atom stereocenters. The van der Waals surface area contributed by atoms with Gasteiger partial charge in [0.2, 0.25) is 0 Å². The predicted octanol–water partition coefficient (Wildman–Crippen LogP) is 3.90. The maximum atomic E-state index is 12.1. The van der Waals surface area contributed by atoms with Crippen molar-refractivity contribution in [2.45, 2.75) is 60.3 Å². The lowest BCUT2D eigenvalue weighted by Gasteiger charge is -2.31. The van der Waals surface area contributed by atoms with E-state index in [1.165, 1.54) is 19.3 Å². The number of rotatable bonds is 5. The minimum Gasteiger partial charge on any atom is -0.464 e. The number of esters is 1. The minimum atomic E-state index is -0.389. The molecular weight excluding hydrogens is 274 g/mol. The molecule has 1 heterocycles. The molecule has 4 heteroatoms. The van der Waals surface area contributed by atoms with Crippen LogP contribution in [0.1, 0.15) is 60.3 Å². The first-order chi connectivity index (χ1) is 8.71. The highest BCUT2D eigenvalue weighted by Crippen LogP contribution is 2.34. The molecule has 3 nitrogen and oxygen atoms in total. The van der Waals surface area contributed by atoms with E-state index in [4.69, 9.17) is 4.74 Å². The van der Waals surface area contributed by atoms with E-state index in [0.717, 1.165) is 26.1 Å². The number of carbonyl (C=O) groups excluding carboxylic acids is 1. The highest BCUT2D eigenvalue weighted by Gasteiger charge is 2.33. The van der Waals surface area contributed by atoms with E-state index in [-0.39, 0.29) is 29.2 Å². The van der Waals surface area contributed by atoms with E-state index < -0.39 is 0 Å². The Balaban J connectivity index is 0.00000361. The third-order valence-electron chi connectivity index (χ3n) is 3.61. The number of nitrogens with zero attached hydrogens (tertiary/aromatic N) is 1. The molecule has 0 N–H and O–H groups in total. The molecule has 0 saturated carbocycles. The number of piperidine rings is 1. The molecule has 0 aromatic heterocycles. The zero-order valence-corrected chi connectivity index (χ0v) is 14.6. The molecule has 0 bridgehead atoms. The molecule has 1 rings (SSSR count).